The second-order valence-electron chi connectivity index (χ2n) is 9.82. The van der Waals surface area contributed by atoms with Crippen LogP contribution in [0.5, 0.6) is 5.75 Å². The van der Waals surface area contributed by atoms with Crippen molar-refractivity contribution < 1.29 is 14.3 Å². The lowest BCUT2D eigenvalue weighted by Gasteiger charge is -2.36. The molecule has 12 heteroatoms. The lowest BCUT2D eigenvalue weighted by atomic mass is 9.93. The fourth-order valence-electron chi connectivity index (χ4n) is 5.86. The normalized spacial score (nSPS) is 18.5. The molecule has 0 N–H and O–H groups in total. The SMILES string of the molecule is CCOC(=O)C1CCN(C(c2cc3ccc(OC)cc3n3nnnc23)c2nnnn2C2CCCC2)CC1. The molecule has 0 spiro atoms. The minimum absolute atomic E-state index is 0.0958. The summed E-state index contributed by atoms with van der Waals surface area (Å²) >= 11 is 0. The van der Waals surface area contributed by atoms with E-state index in [0.717, 1.165) is 40.9 Å². The smallest absolute Gasteiger partial charge is 0.309 e. The molecule has 4 aromatic rings. The van der Waals surface area contributed by atoms with Crippen LogP contribution in [0.15, 0.2) is 24.3 Å². The van der Waals surface area contributed by atoms with Gasteiger partial charge in [0.1, 0.15) is 11.8 Å². The summed E-state index contributed by atoms with van der Waals surface area (Å²) in [5.74, 6) is 1.32. The van der Waals surface area contributed by atoms with E-state index in [4.69, 9.17) is 9.47 Å². The molecule has 194 valence electrons. The first-order valence-electron chi connectivity index (χ1n) is 13.0. The molecule has 0 bridgehead atoms. The quantitative estimate of drug-likeness (QED) is 0.346. The fourth-order valence-corrected chi connectivity index (χ4v) is 5.86. The molecule has 1 aliphatic heterocycles. The number of carbonyl (C=O) groups excluding carboxylic acids is 1. The first-order chi connectivity index (χ1) is 18.2. The van der Waals surface area contributed by atoms with Gasteiger partial charge in [-0.2, -0.15) is 4.52 Å². The topological polar surface area (TPSA) is 125 Å². The summed E-state index contributed by atoms with van der Waals surface area (Å²) < 4.78 is 14.5. The Morgan fingerprint density at radius 2 is 1.84 bits per heavy atom. The third kappa shape index (κ3) is 4.28. The van der Waals surface area contributed by atoms with Crippen molar-refractivity contribution in [2.45, 2.75) is 57.5 Å². The van der Waals surface area contributed by atoms with Crippen molar-refractivity contribution in [3.63, 3.8) is 0 Å². The molecule has 6 rings (SSSR count). The fraction of sp³-hybridized carbons (Fsp3) is 0.560. The molecule has 1 saturated heterocycles. The van der Waals surface area contributed by atoms with Gasteiger partial charge in [-0.25, -0.2) is 4.68 Å². The Labute approximate surface area is 213 Å². The lowest BCUT2D eigenvalue weighted by Crippen LogP contribution is -2.41. The molecule has 12 nitrogen and oxygen atoms in total. The van der Waals surface area contributed by atoms with Crippen LogP contribution >= 0.6 is 0 Å². The number of rotatable bonds is 7. The number of methoxy groups -OCH3 is 1. The zero-order valence-electron chi connectivity index (χ0n) is 21.2. The summed E-state index contributed by atoms with van der Waals surface area (Å²) in [7, 11) is 1.64. The summed E-state index contributed by atoms with van der Waals surface area (Å²) in [5.41, 5.74) is 2.45. The Kier molecular flexibility index (Phi) is 6.41. The van der Waals surface area contributed by atoms with Crippen LogP contribution < -0.4 is 4.74 Å². The molecule has 1 saturated carbocycles. The van der Waals surface area contributed by atoms with Gasteiger partial charge in [-0.3, -0.25) is 9.69 Å². The number of tetrazole rings is 2. The van der Waals surface area contributed by atoms with E-state index in [1.165, 1.54) is 12.8 Å². The number of hydrogen-bond acceptors (Lipinski definition) is 10. The lowest BCUT2D eigenvalue weighted by molar-refractivity contribution is -0.149. The Bertz CT molecular complexity index is 1400. The number of carbonyl (C=O) groups is 1. The van der Waals surface area contributed by atoms with Crippen molar-refractivity contribution in [1.82, 2.24) is 45.1 Å². The molecule has 0 amide bonds. The average Bonchev–Trinajstić information content (AvgIpc) is 3.71. The largest absolute Gasteiger partial charge is 0.497 e. The van der Waals surface area contributed by atoms with Crippen molar-refractivity contribution in [3.05, 3.63) is 35.7 Å². The number of likely N-dealkylation sites (tertiary alicyclic amines) is 1. The maximum absolute atomic E-state index is 12.4. The van der Waals surface area contributed by atoms with Crippen LogP contribution in [0, 0.1) is 5.92 Å². The maximum atomic E-state index is 12.4. The van der Waals surface area contributed by atoms with Crippen LogP contribution in [0.4, 0.5) is 0 Å². The first kappa shape index (κ1) is 23.7. The van der Waals surface area contributed by atoms with E-state index in [2.05, 4.69) is 42.0 Å². The van der Waals surface area contributed by atoms with Crippen molar-refractivity contribution >= 4 is 22.5 Å². The van der Waals surface area contributed by atoms with Gasteiger partial charge < -0.3 is 9.47 Å². The molecule has 3 aromatic heterocycles. The number of fused-ring (bicyclic) bond motifs is 3. The molecule has 2 fully saturated rings. The Morgan fingerprint density at radius 3 is 2.59 bits per heavy atom. The molecular weight excluding hydrogens is 474 g/mol. The van der Waals surface area contributed by atoms with E-state index in [1.54, 1.807) is 11.6 Å². The number of nitrogens with zero attached hydrogens (tertiary/aromatic N) is 9. The zero-order chi connectivity index (χ0) is 25.4. The molecule has 2 aliphatic rings. The monoisotopic (exact) mass is 505 g/mol. The van der Waals surface area contributed by atoms with E-state index in [0.29, 0.717) is 38.2 Å². The minimum Gasteiger partial charge on any atom is -0.497 e. The van der Waals surface area contributed by atoms with Crippen LogP contribution in [-0.4, -0.2) is 77.9 Å². The van der Waals surface area contributed by atoms with Gasteiger partial charge in [-0.1, -0.05) is 12.8 Å². The summed E-state index contributed by atoms with van der Waals surface area (Å²) in [5, 5.41) is 26.9. The van der Waals surface area contributed by atoms with Gasteiger partial charge in [0.15, 0.2) is 11.5 Å². The molecule has 1 aromatic carbocycles. The number of piperidine rings is 1. The molecule has 4 heterocycles. The summed E-state index contributed by atoms with van der Waals surface area (Å²) in [6, 6.07) is 8.04. The summed E-state index contributed by atoms with van der Waals surface area (Å²) in [6.45, 7) is 3.66. The highest BCUT2D eigenvalue weighted by Gasteiger charge is 2.37. The van der Waals surface area contributed by atoms with E-state index in [-0.39, 0.29) is 24.0 Å². The molecule has 0 radical (unpaired) electrons. The van der Waals surface area contributed by atoms with Crippen LogP contribution in [-0.2, 0) is 9.53 Å². The van der Waals surface area contributed by atoms with Gasteiger partial charge >= 0.3 is 5.97 Å². The van der Waals surface area contributed by atoms with Crippen molar-refractivity contribution in [2.75, 3.05) is 26.8 Å². The predicted molar refractivity (Wildman–Crippen MR) is 133 cm³/mol. The van der Waals surface area contributed by atoms with E-state index < -0.39 is 0 Å². The second-order valence-corrected chi connectivity index (χ2v) is 9.82. The van der Waals surface area contributed by atoms with Gasteiger partial charge in [0.05, 0.1) is 31.2 Å². The van der Waals surface area contributed by atoms with E-state index in [1.807, 2.05) is 29.8 Å². The third-order valence-electron chi connectivity index (χ3n) is 7.75. The number of pyridine rings is 1. The van der Waals surface area contributed by atoms with Crippen LogP contribution in [0.1, 0.15) is 68.9 Å². The average molecular weight is 506 g/mol. The molecule has 1 aliphatic carbocycles. The van der Waals surface area contributed by atoms with Crippen molar-refractivity contribution in [2.24, 2.45) is 5.92 Å². The summed E-state index contributed by atoms with van der Waals surface area (Å²) in [4.78, 5) is 14.8. The number of esters is 1. The van der Waals surface area contributed by atoms with Crippen LogP contribution in [0.25, 0.3) is 16.6 Å². The maximum Gasteiger partial charge on any atom is 0.309 e. The predicted octanol–water partition coefficient (Wildman–Crippen LogP) is 2.75. The molecular formula is C25H31N9O3. The molecule has 1 atom stereocenters. The number of ether oxygens (including phenoxy) is 2. The minimum atomic E-state index is -0.265. The molecule has 37 heavy (non-hydrogen) atoms. The van der Waals surface area contributed by atoms with Gasteiger partial charge in [0.2, 0.25) is 0 Å². The third-order valence-corrected chi connectivity index (χ3v) is 7.75. The van der Waals surface area contributed by atoms with E-state index >= 15 is 0 Å². The Morgan fingerprint density at radius 1 is 1.05 bits per heavy atom. The first-order valence-corrected chi connectivity index (χ1v) is 13.0. The number of benzene rings is 1. The second kappa shape index (κ2) is 10.0. The van der Waals surface area contributed by atoms with Crippen LogP contribution in [0.3, 0.4) is 0 Å². The highest BCUT2D eigenvalue weighted by molar-refractivity contribution is 5.84. The van der Waals surface area contributed by atoms with Gasteiger partial charge in [-0.15, -0.1) is 10.2 Å². The van der Waals surface area contributed by atoms with E-state index in [9.17, 15) is 4.79 Å². The van der Waals surface area contributed by atoms with Gasteiger partial charge in [0, 0.05) is 30.1 Å². The Balaban J connectivity index is 1.46. The van der Waals surface area contributed by atoms with Crippen molar-refractivity contribution in [3.8, 4) is 5.75 Å². The van der Waals surface area contributed by atoms with Gasteiger partial charge in [-0.05, 0) is 71.7 Å². The number of hydrogen-bond donors (Lipinski definition) is 0. The highest BCUT2D eigenvalue weighted by Crippen LogP contribution is 2.38. The molecule has 1 unspecified atom stereocenters. The summed E-state index contributed by atoms with van der Waals surface area (Å²) in [6.07, 6.45) is 5.91. The Hall–Kier alpha value is -3.67. The standard InChI is InChI=1S/C25H31N9O3/c1-3-37-25(35)16-10-12-32(13-11-16)22(24-27-29-30-33(24)18-6-4-5-7-18)20-14-17-8-9-19(36-2)15-21(17)34-23(20)26-28-31-34/h8-9,14-16,18,22H,3-7,10-13H2,1-2H3. The van der Waals surface area contributed by atoms with Gasteiger partial charge in [0.25, 0.3) is 0 Å². The number of aromatic nitrogens is 8. The van der Waals surface area contributed by atoms with Crippen LogP contribution in [0.2, 0.25) is 0 Å². The highest BCUT2D eigenvalue weighted by atomic mass is 16.5. The van der Waals surface area contributed by atoms with Crippen molar-refractivity contribution in [1.29, 1.82) is 0 Å². The zero-order valence-corrected chi connectivity index (χ0v) is 21.2.